The maximum absolute atomic E-state index is 10.9. The van der Waals surface area contributed by atoms with Gasteiger partial charge in [-0.1, -0.05) is 36.4 Å². The van der Waals surface area contributed by atoms with Gasteiger partial charge in [-0.25, -0.2) is 4.79 Å². The maximum Gasteiger partial charge on any atom is 0.331 e. The van der Waals surface area contributed by atoms with E-state index in [0.29, 0.717) is 11.9 Å². The van der Waals surface area contributed by atoms with Gasteiger partial charge in [-0.15, -0.1) is 0 Å². The van der Waals surface area contributed by atoms with Gasteiger partial charge in [0.15, 0.2) is 0 Å². The van der Waals surface area contributed by atoms with Gasteiger partial charge in [-0.2, -0.15) is 0 Å². The fourth-order valence-electron chi connectivity index (χ4n) is 1.37. The Labute approximate surface area is 120 Å². The molecule has 3 nitrogen and oxygen atoms in total. The molecular formula is C15H13BrO3. The largest absolute Gasteiger partial charge is 0.478 e. The quantitative estimate of drug-likeness (QED) is 0.512. The normalized spacial score (nSPS) is 13.3. The number of aldehydes is 1. The van der Waals surface area contributed by atoms with Crippen molar-refractivity contribution in [2.75, 3.05) is 0 Å². The van der Waals surface area contributed by atoms with Crippen molar-refractivity contribution in [3.63, 3.8) is 0 Å². The number of carboxylic acids is 1. The van der Waals surface area contributed by atoms with Crippen molar-refractivity contribution in [3.8, 4) is 0 Å². The third-order valence-electron chi connectivity index (χ3n) is 2.34. The van der Waals surface area contributed by atoms with Crippen LogP contribution in [0.4, 0.5) is 0 Å². The summed E-state index contributed by atoms with van der Waals surface area (Å²) in [6, 6.07) is 9.44. The summed E-state index contributed by atoms with van der Waals surface area (Å²) < 4.78 is 0.729. The smallest absolute Gasteiger partial charge is 0.331 e. The molecule has 1 rings (SSSR count). The minimum atomic E-state index is -0.995. The summed E-state index contributed by atoms with van der Waals surface area (Å²) in [6.07, 6.45) is 5.05. The highest BCUT2D eigenvalue weighted by atomic mass is 79.9. The second kappa shape index (κ2) is 7.48. The van der Waals surface area contributed by atoms with Crippen molar-refractivity contribution in [2.24, 2.45) is 0 Å². The molecule has 1 N–H and O–H groups in total. The molecule has 0 aliphatic heterocycles. The molecule has 0 bridgehead atoms. The standard InChI is InChI=1S/C15H13BrO3/c1-11(15(18)19)10-13(8-5-9-17)14(16)12-6-3-2-4-7-12/h2-10H,1H3,(H,18,19). The van der Waals surface area contributed by atoms with Crippen LogP contribution in [0, 0.1) is 0 Å². The number of rotatable bonds is 5. The summed E-state index contributed by atoms with van der Waals surface area (Å²) in [5.74, 6) is -0.995. The van der Waals surface area contributed by atoms with Crippen LogP contribution in [0.2, 0.25) is 0 Å². The Hall–Kier alpha value is -1.94. The zero-order chi connectivity index (χ0) is 14.3. The van der Waals surface area contributed by atoms with E-state index >= 15 is 0 Å². The Bertz CT molecular complexity index is 554. The van der Waals surface area contributed by atoms with Gasteiger partial charge >= 0.3 is 5.97 Å². The number of hydrogen-bond donors (Lipinski definition) is 1. The Morgan fingerprint density at radius 3 is 2.42 bits per heavy atom. The third kappa shape index (κ3) is 4.67. The van der Waals surface area contributed by atoms with Crippen LogP contribution in [-0.4, -0.2) is 17.4 Å². The molecule has 0 aromatic heterocycles. The van der Waals surface area contributed by atoms with E-state index in [9.17, 15) is 9.59 Å². The molecule has 0 radical (unpaired) electrons. The number of carbonyl (C=O) groups excluding carboxylic acids is 1. The van der Waals surface area contributed by atoms with Crippen LogP contribution in [0.25, 0.3) is 4.48 Å². The summed E-state index contributed by atoms with van der Waals surface area (Å²) in [5.41, 5.74) is 1.72. The van der Waals surface area contributed by atoms with E-state index in [1.54, 1.807) is 6.08 Å². The molecule has 1 aromatic carbocycles. The highest BCUT2D eigenvalue weighted by Gasteiger charge is 2.05. The Morgan fingerprint density at radius 2 is 1.89 bits per heavy atom. The fourth-order valence-corrected chi connectivity index (χ4v) is 1.88. The molecule has 0 aliphatic carbocycles. The lowest BCUT2D eigenvalue weighted by atomic mass is 10.1. The summed E-state index contributed by atoms with van der Waals surface area (Å²) in [6.45, 7) is 1.50. The van der Waals surface area contributed by atoms with E-state index in [2.05, 4.69) is 15.9 Å². The maximum atomic E-state index is 10.9. The zero-order valence-electron chi connectivity index (χ0n) is 10.3. The summed E-state index contributed by atoms with van der Waals surface area (Å²) >= 11 is 3.44. The second-order valence-corrected chi connectivity index (χ2v) is 4.56. The highest BCUT2D eigenvalue weighted by molar-refractivity contribution is 9.15. The van der Waals surface area contributed by atoms with Crippen LogP contribution in [0.5, 0.6) is 0 Å². The van der Waals surface area contributed by atoms with Gasteiger partial charge in [0.2, 0.25) is 0 Å². The molecule has 98 valence electrons. The van der Waals surface area contributed by atoms with Crippen molar-refractivity contribution >= 4 is 32.7 Å². The summed E-state index contributed by atoms with van der Waals surface area (Å²) in [7, 11) is 0. The predicted octanol–water partition coefficient (Wildman–Crippen LogP) is 3.58. The summed E-state index contributed by atoms with van der Waals surface area (Å²) in [5, 5.41) is 8.91. The lowest BCUT2D eigenvalue weighted by Gasteiger charge is -2.04. The first kappa shape index (κ1) is 15.1. The minimum absolute atomic E-state index is 0.193. The van der Waals surface area contributed by atoms with Gasteiger partial charge in [-0.05, 0) is 46.1 Å². The molecule has 0 fully saturated rings. The second-order valence-electron chi connectivity index (χ2n) is 3.76. The number of allylic oxidation sites excluding steroid dienone is 4. The minimum Gasteiger partial charge on any atom is -0.478 e. The zero-order valence-corrected chi connectivity index (χ0v) is 11.9. The molecule has 0 unspecified atom stereocenters. The molecule has 0 atom stereocenters. The highest BCUT2D eigenvalue weighted by Crippen LogP contribution is 2.27. The Morgan fingerprint density at radius 1 is 1.26 bits per heavy atom. The number of benzene rings is 1. The van der Waals surface area contributed by atoms with E-state index in [1.807, 2.05) is 30.3 Å². The predicted molar refractivity (Wildman–Crippen MR) is 78.9 cm³/mol. The number of halogens is 1. The van der Waals surface area contributed by atoms with Crippen LogP contribution < -0.4 is 0 Å². The monoisotopic (exact) mass is 320 g/mol. The molecule has 4 heteroatoms. The van der Waals surface area contributed by atoms with Gasteiger partial charge in [0, 0.05) is 10.1 Å². The van der Waals surface area contributed by atoms with Crippen LogP contribution in [0.15, 0.2) is 59.7 Å². The number of carbonyl (C=O) groups is 2. The molecule has 0 heterocycles. The van der Waals surface area contributed by atoms with Crippen molar-refractivity contribution < 1.29 is 14.7 Å². The Balaban J connectivity index is 3.30. The van der Waals surface area contributed by atoms with Gasteiger partial charge in [0.1, 0.15) is 6.29 Å². The molecule has 0 amide bonds. The van der Waals surface area contributed by atoms with Gasteiger partial charge in [0.25, 0.3) is 0 Å². The van der Waals surface area contributed by atoms with E-state index in [-0.39, 0.29) is 5.57 Å². The average Bonchev–Trinajstić information content (AvgIpc) is 2.43. The van der Waals surface area contributed by atoms with E-state index < -0.39 is 5.97 Å². The average molecular weight is 321 g/mol. The first-order valence-electron chi connectivity index (χ1n) is 5.55. The van der Waals surface area contributed by atoms with Gasteiger partial charge < -0.3 is 5.11 Å². The number of carboxylic acid groups (broad SMARTS) is 1. The first-order valence-corrected chi connectivity index (χ1v) is 6.34. The van der Waals surface area contributed by atoms with Crippen LogP contribution in [-0.2, 0) is 9.59 Å². The molecule has 19 heavy (non-hydrogen) atoms. The molecular weight excluding hydrogens is 308 g/mol. The van der Waals surface area contributed by atoms with E-state index in [1.165, 1.54) is 19.1 Å². The lowest BCUT2D eigenvalue weighted by molar-refractivity contribution is -0.132. The van der Waals surface area contributed by atoms with Crippen molar-refractivity contribution in [3.05, 3.63) is 65.3 Å². The van der Waals surface area contributed by atoms with Gasteiger partial charge in [0.05, 0.1) is 0 Å². The molecule has 0 saturated heterocycles. The number of aliphatic carboxylic acids is 1. The molecule has 0 aliphatic rings. The number of hydrogen-bond acceptors (Lipinski definition) is 2. The first-order chi connectivity index (χ1) is 9.06. The SMILES string of the molecule is CC(=CC(C=CC=O)=C(Br)c1ccccc1)C(=O)O. The lowest BCUT2D eigenvalue weighted by Crippen LogP contribution is -1.96. The molecule has 1 aromatic rings. The fraction of sp³-hybridized carbons (Fsp3) is 0.0667. The van der Waals surface area contributed by atoms with Crippen LogP contribution >= 0.6 is 15.9 Å². The van der Waals surface area contributed by atoms with Crippen molar-refractivity contribution in [1.29, 1.82) is 0 Å². The third-order valence-corrected chi connectivity index (χ3v) is 3.26. The summed E-state index contributed by atoms with van der Waals surface area (Å²) in [4.78, 5) is 21.3. The van der Waals surface area contributed by atoms with Gasteiger partial charge in [-0.3, -0.25) is 4.79 Å². The molecule has 0 spiro atoms. The van der Waals surface area contributed by atoms with Crippen LogP contribution in [0.3, 0.4) is 0 Å². The van der Waals surface area contributed by atoms with E-state index in [0.717, 1.165) is 10.0 Å². The van der Waals surface area contributed by atoms with Crippen LogP contribution in [0.1, 0.15) is 12.5 Å². The molecule has 0 saturated carbocycles. The topological polar surface area (TPSA) is 54.4 Å². The van der Waals surface area contributed by atoms with Crippen molar-refractivity contribution in [2.45, 2.75) is 6.92 Å². The van der Waals surface area contributed by atoms with Crippen molar-refractivity contribution in [1.82, 2.24) is 0 Å². The Kier molecular flexibility index (Phi) is 5.96. The van der Waals surface area contributed by atoms with E-state index in [4.69, 9.17) is 5.11 Å².